The molecular weight excluding hydrogens is 352 g/mol. The molecule has 28 heavy (non-hydrogen) atoms. The topological polar surface area (TPSA) is 81.2 Å². The third-order valence-electron chi connectivity index (χ3n) is 5.64. The minimum absolute atomic E-state index is 0.215. The number of carbonyl (C=O) groups is 2. The van der Waals surface area contributed by atoms with Crippen molar-refractivity contribution in [2.45, 2.75) is 58.4 Å². The summed E-state index contributed by atoms with van der Waals surface area (Å²) in [4.78, 5) is 32.8. The lowest BCUT2D eigenvalue weighted by atomic mass is 9.84. The van der Waals surface area contributed by atoms with Crippen LogP contribution in [0.5, 0.6) is 0 Å². The van der Waals surface area contributed by atoms with Gasteiger partial charge in [-0.2, -0.15) is 0 Å². The first-order chi connectivity index (χ1) is 13.6. The molecule has 0 spiro atoms. The highest BCUT2D eigenvalue weighted by Gasteiger charge is 2.38. The van der Waals surface area contributed by atoms with Crippen LogP contribution in [-0.2, 0) is 11.3 Å². The molecule has 0 saturated carbocycles. The summed E-state index contributed by atoms with van der Waals surface area (Å²) in [5, 5.41) is 0. The van der Waals surface area contributed by atoms with Crippen molar-refractivity contribution in [3.63, 3.8) is 0 Å². The Labute approximate surface area is 167 Å². The van der Waals surface area contributed by atoms with Crippen LogP contribution in [0.4, 0.5) is 0 Å². The summed E-state index contributed by atoms with van der Waals surface area (Å²) < 4.78 is 2.03. The normalized spacial score (nSPS) is 19.0. The number of imidazole rings is 1. The van der Waals surface area contributed by atoms with Gasteiger partial charge in [0.15, 0.2) is 0 Å². The fourth-order valence-electron chi connectivity index (χ4n) is 4.36. The Balaban J connectivity index is 0.00000109. The summed E-state index contributed by atoms with van der Waals surface area (Å²) in [6.07, 6.45) is 9.25. The molecule has 0 amide bonds. The predicted octanol–water partition coefficient (Wildman–Crippen LogP) is 2.94. The SMILES string of the molecule is CC(C)c1nc2c(n1CCCN1CCCC1)C(=O)C(=O)C1=CCCC=C12.CN. The first-order valence-electron chi connectivity index (χ1n) is 10.5. The van der Waals surface area contributed by atoms with Crippen LogP contribution in [0.2, 0.25) is 0 Å². The molecule has 1 aliphatic heterocycles. The van der Waals surface area contributed by atoms with E-state index in [2.05, 4.69) is 30.6 Å². The van der Waals surface area contributed by atoms with Crippen LogP contribution in [0, 0.1) is 0 Å². The highest BCUT2D eigenvalue weighted by Crippen LogP contribution is 2.37. The Hall–Kier alpha value is -2.05. The zero-order chi connectivity index (χ0) is 20.3. The number of nitrogens with zero attached hydrogens (tertiary/aromatic N) is 3. The van der Waals surface area contributed by atoms with Crippen LogP contribution >= 0.6 is 0 Å². The lowest BCUT2D eigenvalue weighted by Crippen LogP contribution is -2.28. The molecule has 1 saturated heterocycles. The second-order valence-electron chi connectivity index (χ2n) is 7.85. The molecule has 0 bridgehead atoms. The number of rotatable bonds is 5. The molecule has 1 fully saturated rings. The minimum atomic E-state index is -0.383. The molecule has 4 rings (SSSR count). The van der Waals surface area contributed by atoms with E-state index < -0.39 is 0 Å². The molecule has 2 aliphatic carbocycles. The molecule has 6 nitrogen and oxygen atoms in total. The minimum Gasteiger partial charge on any atom is -0.333 e. The lowest BCUT2D eigenvalue weighted by Gasteiger charge is -2.21. The van der Waals surface area contributed by atoms with Gasteiger partial charge < -0.3 is 15.2 Å². The van der Waals surface area contributed by atoms with Gasteiger partial charge in [0.25, 0.3) is 5.78 Å². The highest BCUT2D eigenvalue weighted by atomic mass is 16.2. The van der Waals surface area contributed by atoms with Crippen molar-refractivity contribution in [1.82, 2.24) is 14.5 Å². The molecule has 0 radical (unpaired) electrons. The second kappa shape index (κ2) is 8.97. The van der Waals surface area contributed by atoms with E-state index in [4.69, 9.17) is 4.98 Å². The third kappa shape index (κ3) is 3.76. The Kier molecular flexibility index (Phi) is 6.62. The van der Waals surface area contributed by atoms with Crippen molar-refractivity contribution in [3.05, 3.63) is 34.9 Å². The van der Waals surface area contributed by atoms with Gasteiger partial charge in [0.05, 0.1) is 0 Å². The number of nitrogens with two attached hydrogens (primary N) is 1. The van der Waals surface area contributed by atoms with Crippen molar-refractivity contribution in [2.75, 3.05) is 26.7 Å². The molecule has 0 unspecified atom stereocenters. The van der Waals surface area contributed by atoms with Gasteiger partial charge in [-0.25, -0.2) is 4.98 Å². The van der Waals surface area contributed by atoms with Gasteiger partial charge >= 0.3 is 0 Å². The fraction of sp³-hybridized carbons (Fsp3) is 0.591. The smallest absolute Gasteiger partial charge is 0.252 e. The van der Waals surface area contributed by atoms with Gasteiger partial charge in [-0.3, -0.25) is 9.59 Å². The monoisotopic (exact) mass is 384 g/mol. The number of ketones is 2. The highest BCUT2D eigenvalue weighted by molar-refractivity contribution is 6.54. The summed E-state index contributed by atoms with van der Waals surface area (Å²) in [7, 11) is 1.50. The van der Waals surface area contributed by atoms with Crippen molar-refractivity contribution < 1.29 is 9.59 Å². The zero-order valence-electron chi connectivity index (χ0n) is 17.3. The maximum Gasteiger partial charge on any atom is 0.252 e. The van der Waals surface area contributed by atoms with Gasteiger partial charge in [-0.15, -0.1) is 0 Å². The van der Waals surface area contributed by atoms with Gasteiger partial charge in [0, 0.05) is 23.6 Å². The summed E-state index contributed by atoms with van der Waals surface area (Å²) in [6, 6.07) is 0. The fourth-order valence-corrected chi connectivity index (χ4v) is 4.36. The van der Waals surface area contributed by atoms with Crippen molar-refractivity contribution in [2.24, 2.45) is 5.73 Å². The van der Waals surface area contributed by atoms with E-state index in [1.165, 1.54) is 33.0 Å². The number of aromatic nitrogens is 2. The van der Waals surface area contributed by atoms with Gasteiger partial charge in [0.2, 0.25) is 5.78 Å². The Bertz CT molecular complexity index is 811. The third-order valence-corrected chi connectivity index (χ3v) is 5.64. The predicted molar refractivity (Wildman–Crippen MR) is 111 cm³/mol. The number of allylic oxidation sites excluding steroid dienone is 4. The number of Topliss-reactive ketones (excluding diaryl/α,β-unsaturated/α-hetero) is 2. The standard InChI is InChI=1S/C21H27N3O2.CH5N/c1-14(2)21-22-17-15-8-3-4-9-16(15)19(25)20(26)18(17)24(21)13-7-12-23-10-5-6-11-23;1-2/h8-9,14H,3-7,10-13H2,1-2H3;2H2,1H3. The van der Waals surface area contributed by atoms with E-state index in [9.17, 15) is 9.59 Å². The van der Waals surface area contributed by atoms with Crippen LogP contribution in [0.1, 0.15) is 73.9 Å². The van der Waals surface area contributed by atoms with E-state index in [1.807, 2.05) is 10.6 Å². The van der Waals surface area contributed by atoms with Crippen LogP contribution in [0.3, 0.4) is 0 Å². The van der Waals surface area contributed by atoms with E-state index >= 15 is 0 Å². The average Bonchev–Trinajstić information content (AvgIpc) is 3.36. The summed E-state index contributed by atoms with van der Waals surface area (Å²) in [6.45, 7) is 8.35. The van der Waals surface area contributed by atoms with Crippen molar-refractivity contribution >= 4 is 17.1 Å². The molecule has 6 heteroatoms. The number of likely N-dealkylation sites (tertiary alicyclic amines) is 1. The van der Waals surface area contributed by atoms with Crippen LogP contribution in [-0.4, -0.2) is 52.7 Å². The number of fused-ring (bicyclic) bond motifs is 3. The number of hydrogen-bond acceptors (Lipinski definition) is 5. The van der Waals surface area contributed by atoms with E-state index in [-0.39, 0.29) is 17.5 Å². The zero-order valence-corrected chi connectivity index (χ0v) is 17.3. The Morgan fingerprint density at radius 2 is 1.64 bits per heavy atom. The molecule has 2 heterocycles. The molecule has 152 valence electrons. The van der Waals surface area contributed by atoms with E-state index in [0.29, 0.717) is 11.3 Å². The van der Waals surface area contributed by atoms with Gasteiger partial charge in [-0.1, -0.05) is 26.0 Å². The Morgan fingerprint density at radius 3 is 2.29 bits per heavy atom. The first kappa shape index (κ1) is 20.7. The number of carbonyl (C=O) groups excluding carboxylic acids is 2. The second-order valence-corrected chi connectivity index (χ2v) is 7.85. The summed E-state index contributed by atoms with van der Waals surface area (Å²) in [5.74, 6) is 0.391. The Morgan fingerprint density at radius 1 is 1.00 bits per heavy atom. The summed E-state index contributed by atoms with van der Waals surface area (Å²) in [5.41, 5.74) is 7.18. The number of hydrogen-bond donors (Lipinski definition) is 1. The molecule has 0 aromatic carbocycles. The molecule has 0 atom stereocenters. The molecule has 2 N–H and O–H groups in total. The van der Waals surface area contributed by atoms with Crippen LogP contribution in [0.25, 0.3) is 5.57 Å². The van der Waals surface area contributed by atoms with Crippen LogP contribution in [0.15, 0.2) is 17.7 Å². The molecule has 1 aromatic heterocycles. The van der Waals surface area contributed by atoms with Crippen molar-refractivity contribution in [1.29, 1.82) is 0 Å². The van der Waals surface area contributed by atoms with Crippen LogP contribution < -0.4 is 5.73 Å². The average molecular weight is 385 g/mol. The van der Waals surface area contributed by atoms with Crippen molar-refractivity contribution in [3.8, 4) is 0 Å². The maximum atomic E-state index is 12.9. The van der Waals surface area contributed by atoms with Gasteiger partial charge in [-0.05, 0) is 58.8 Å². The largest absolute Gasteiger partial charge is 0.333 e. The molecule has 1 aromatic rings. The quantitative estimate of drug-likeness (QED) is 0.790. The molecule has 3 aliphatic rings. The lowest BCUT2D eigenvalue weighted by molar-refractivity contribution is -0.111. The van der Waals surface area contributed by atoms with E-state index in [0.717, 1.165) is 49.4 Å². The van der Waals surface area contributed by atoms with Gasteiger partial charge in [0.1, 0.15) is 17.2 Å². The summed E-state index contributed by atoms with van der Waals surface area (Å²) >= 11 is 0. The van der Waals surface area contributed by atoms with E-state index in [1.54, 1.807) is 0 Å². The molecular formula is C22H32N4O2. The maximum absolute atomic E-state index is 12.9. The first-order valence-corrected chi connectivity index (χ1v) is 10.5.